The molecule has 1 atom stereocenters. The smallest absolute Gasteiger partial charge is 0.340 e. The number of aromatic nitrogens is 2. The predicted octanol–water partition coefficient (Wildman–Crippen LogP) is 1.89. The van der Waals surface area contributed by atoms with Gasteiger partial charge in [-0.05, 0) is 13.3 Å². The van der Waals surface area contributed by atoms with E-state index in [0.29, 0.717) is 23.0 Å². The van der Waals surface area contributed by atoms with Crippen LogP contribution >= 0.6 is 11.8 Å². The maximum atomic E-state index is 11.5. The molecule has 1 fully saturated rings. The number of thioether (sulfide) groups is 1. The first-order chi connectivity index (χ1) is 9.69. The fraction of sp³-hybridized carbons (Fsp3) is 0.615. The zero-order valence-corrected chi connectivity index (χ0v) is 13.8. The Morgan fingerprint density at radius 1 is 1.38 bits per heavy atom. The van der Waals surface area contributed by atoms with Crippen molar-refractivity contribution in [3.05, 3.63) is 17.1 Å². The summed E-state index contributed by atoms with van der Waals surface area (Å²) >= 11 is 1.24. The number of nitrogens with zero attached hydrogens (tertiary/aromatic N) is 2. The second-order valence-electron chi connectivity index (χ2n) is 5.45. The molecule has 0 aliphatic carbocycles. The molecule has 1 aromatic heterocycles. The van der Waals surface area contributed by atoms with Crippen LogP contribution in [-0.4, -0.2) is 46.2 Å². The topological polar surface area (TPSA) is 97.2 Å². The highest BCUT2D eigenvalue weighted by atomic mass is 32.2. The van der Waals surface area contributed by atoms with Gasteiger partial charge in [-0.15, -0.1) is 11.8 Å². The third-order valence-corrected chi connectivity index (χ3v) is 6.51. The molecule has 1 aliphatic heterocycles. The van der Waals surface area contributed by atoms with E-state index in [0.717, 1.165) is 0 Å². The molecule has 0 aromatic carbocycles. The summed E-state index contributed by atoms with van der Waals surface area (Å²) in [5.41, 5.74) is 0.498. The lowest BCUT2D eigenvalue weighted by Crippen LogP contribution is -2.13. The number of carboxylic acids is 1. The van der Waals surface area contributed by atoms with Gasteiger partial charge in [-0.2, -0.15) is 0 Å². The highest BCUT2D eigenvalue weighted by Crippen LogP contribution is 2.33. The Morgan fingerprint density at radius 2 is 2.05 bits per heavy atom. The van der Waals surface area contributed by atoms with E-state index >= 15 is 0 Å². The molecule has 21 heavy (non-hydrogen) atoms. The van der Waals surface area contributed by atoms with Crippen LogP contribution < -0.4 is 0 Å². The van der Waals surface area contributed by atoms with Gasteiger partial charge >= 0.3 is 5.97 Å². The number of carboxylic acid groups (broad SMARTS) is 1. The number of aromatic carboxylic acids is 1. The second kappa shape index (κ2) is 5.92. The minimum Gasteiger partial charge on any atom is -0.478 e. The van der Waals surface area contributed by atoms with Crippen LogP contribution in [0.4, 0.5) is 0 Å². The van der Waals surface area contributed by atoms with E-state index in [4.69, 9.17) is 0 Å². The summed E-state index contributed by atoms with van der Waals surface area (Å²) in [6.45, 7) is 5.51. The van der Waals surface area contributed by atoms with E-state index in [-0.39, 0.29) is 28.2 Å². The monoisotopic (exact) mass is 330 g/mol. The summed E-state index contributed by atoms with van der Waals surface area (Å²) in [7, 11) is -3.00. The van der Waals surface area contributed by atoms with E-state index < -0.39 is 15.8 Å². The highest BCUT2D eigenvalue weighted by Gasteiger charge is 2.31. The van der Waals surface area contributed by atoms with E-state index in [1.807, 2.05) is 13.8 Å². The van der Waals surface area contributed by atoms with E-state index in [9.17, 15) is 18.3 Å². The first kappa shape index (κ1) is 16.2. The average molecular weight is 330 g/mol. The third kappa shape index (κ3) is 3.74. The van der Waals surface area contributed by atoms with Gasteiger partial charge in [0, 0.05) is 11.2 Å². The Kier molecular flexibility index (Phi) is 4.57. The van der Waals surface area contributed by atoms with Crippen LogP contribution in [0.2, 0.25) is 0 Å². The predicted molar refractivity (Wildman–Crippen MR) is 80.7 cm³/mol. The second-order valence-corrected chi connectivity index (χ2v) is 8.97. The Morgan fingerprint density at radius 3 is 2.52 bits per heavy atom. The Labute approximate surface area is 128 Å². The van der Waals surface area contributed by atoms with Gasteiger partial charge in [-0.1, -0.05) is 13.8 Å². The molecular formula is C13H18N2O4S2. The number of hydrogen-bond donors (Lipinski definition) is 1. The van der Waals surface area contributed by atoms with Gasteiger partial charge in [-0.3, -0.25) is 0 Å². The third-order valence-electron chi connectivity index (χ3n) is 3.27. The average Bonchev–Trinajstić information content (AvgIpc) is 2.67. The lowest BCUT2D eigenvalue weighted by Gasteiger charge is -2.14. The van der Waals surface area contributed by atoms with Crippen molar-refractivity contribution in [2.45, 2.75) is 43.4 Å². The minimum atomic E-state index is -3.00. The van der Waals surface area contributed by atoms with Gasteiger partial charge in [0.15, 0.2) is 9.84 Å². The van der Waals surface area contributed by atoms with E-state index in [2.05, 4.69) is 9.97 Å². The van der Waals surface area contributed by atoms with Gasteiger partial charge in [0.05, 0.1) is 17.2 Å². The number of aryl methyl sites for hydroxylation is 1. The normalized spacial score (nSPS) is 20.9. The minimum absolute atomic E-state index is 0.0775. The van der Waals surface area contributed by atoms with Gasteiger partial charge in [0.1, 0.15) is 16.4 Å². The van der Waals surface area contributed by atoms with E-state index in [1.165, 1.54) is 11.8 Å². The van der Waals surface area contributed by atoms with Crippen molar-refractivity contribution in [2.75, 3.05) is 11.5 Å². The lowest BCUT2D eigenvalue weighted by atomic mass is 10.2. The maximum absolute atomic E-state index is 11.5. The summed E-state index contributed by atoms with van der Waals surface area (Å²) in [5.74, 6) is -0.171. The van der Waals surface area contributed by atoms with Crippen LogP contribution in [0.5, 0.6) is 0 Å². The molecule has 0 radical (unpaired) electrons. The van der Waals surface area contributed by atoms with E-state index in [1.54, 1.807) is 6.92 Å². The van der Waals surface area contributed by atoms with Crippen molar-refractivity contribution in [2.24, 2.45) is 0 Å². The molecule has 1 unspecified atom stereocenters. The zero-order valence-electron chi connectivity index (χ0n) is 12.2. The molecule has 116 valence electrons. The van der Waals surface area contributed by atoms with Crippen LogP contribution in [0.15, 0.2) is 5.03 Å². The molecule has 1 N–H and O–H groups in total. The molecule has 0 amide bonds. The Balaban J connectivity index is 2.38. The van der Waals surface area contributed by atoms with Crippen LogP contribution in [0, 0.1) is 6.92 Å². The molecule has 0 saturated carbocycles. The first-order valence-electron chi connectivity index (χ1n) is 6.68. The van der Waals surface area contributed by atoms with Crippen molar-refractivity contribution in [3.8, 4) is 0 Å². The van der Waals surface area contributed by atoms with Gasteiger partial charge < -0.3 is 5.11 Å². The fourth-order valence-corrected chi connectivity index (χ4v) is 5.81. The molecule has 1 aliphatic rings. The van der Waals surface area contributed by atoms with Crippen LogP contribution in [-0.2, 0) is 9.84 Å². The molecule has 2 rings (SSSR count). The molecule has 0 bridgehead atoms. The number of hydrogen-bond acceptors (Lipinski definition) is 6. The summed E-state index contributed by atoms with van der Waals surface area (Å²) in [6.07, 6.45) is 0.534. The van der Waals surface area contributed by atoms with Crippen molar-refractivity contribution in [1.29, 1.82) is 0 Å². The molecule has 1 saturated heterocycles. The molecule has 8 heteroatoms. The molecular weight excluding hydrogens is 312 g/mol. The standard InChI is InChI=1S/C13H18N2O4S2/c1-7(2)11-14-8(3)10(13(16)17)12(15-11)20-9-4-5-21(18,19)6-9/h7,9H,4-6H2,1-3H3,(H,16,17). The summed E-state index contributed by atoms with van der Waals surface area (Å²) < 4.78 is 23.1. The summed E-state index contributed by atoms with van der Waals surface area (Å²) in [4.78, 5) is 20.0. The van der Waals surface area contributed by atoms with Gasteiger partial charge in [-0.25, -0.2) is 23.2 Å². The van der Waals surface area contributed by atoms with Gasteiger partial charge in [0.2, 0.25) is 0 Å². The lowest BCUT2D eigenvalue weighted by molar-refractivity contribution is 0.0690. The summed E-state index contributed by atoms with van der Waals surface area (Å²) in [5, 5.41) is 9.58. The molecule has 1 aromatic rings. The number of carbonyl (C=O) groups is 1. The van der Waals surface area contributed by atoms with Crippen molar-refractivity contribution >= 4 is 27.6 Å². The quantitative estimate of drug-likeness (QED) is 0.842. The van der Waals surface area contributed by atoms with Crippen molar-refractivity contribution in [1.82, 2.24) is 9.97 Å². The fourth-order valence-electron chi connectivity index (χ4n) is 2.17. The zero-order chi connectivity index (χ0) is 15.8. The Bertz CT molecular complexity index is 671. The van der Waals surface area contributed by atoms with Crippen LogP contribution in [0.1, 0.15) is 48.1 Å². The SMILES string of the molecule is Cc1nc(C(C)C)nc(SC2CCS(=O)(=O)C2)c1C(=O)O. The largest absolute Gasteiger partial charge is 0.478 e. The number of sulfone groups is 1. The van der Waals surface area contributed by atoms with Gasteiger partial charge in [0.25, 0.3) is 0 Å². The highest BCUT2D eigenvalue weighted by molar-refractivity contribution is 8.01. The maximum Gasteiger partial charge on any atom is 0.340 e. The molecule has 0 spiro atoms. The summed E-state index contributed by atoms with van der Waals surface area (Å²) in [6, 6.07) is 0. The molecule has 2 heterocycles. The first-order valence-corrected chi connectivity index (χ1v) is 9.38. The number of rotatable bonds is 4. The van der Waals surface area contributed by atoms with Crippen LogP contribution in [0.3, 0.4) is 0 Å². The van der Waals surface area contributed by atoms with Crippen molar-refractivity contribution < 1.29 is 18.3 Å². The molecule has 6 nitrogen and oxygen atoms in total. The Hall–Kier alpha value is -1.15. The van der Waals surface area contributed by atoms with Crippen LogP contribution in [0.25, 0.3) is 0 Å². The van der Waals surface area contributed by atoms with Crippen molar-refractivity contribution in [3.63, 3.8) is 0 Å².